The number of fused-ring (bicyclic) bond motifs is 1. The van der Waals surface area contributed by atoms with Gasteiger partial charge in [-0.15, -0.1) is 0 Å². The van der Waals surface area contributed by atoms with E-state index in [0.717, 1.165) is 74.9 Å². The molecule has 1 aliphatic rings. The summed E-state index contributed by atoms with van der Waals surface area (Å²) in [6.07, 6.45) is 5.55. The average Bonchev–Trinajstić information content (AvgIpc) is 2.78. The number of halogens is 3. The lowest BCUT2D eigenvalue weighted by Gasteiger charge is -2.26. The van der Waals surface area contributed by atoms with Gasteiger partial charge in [-0.2, -0.15) is 0 Å². The molecule has 0 bridgehead atoms. The minimum atomic E-state index is -0.606. The number of morpholine rings is 1. The van der Waals surface area contributed by atoms with Gasteiger partial charge in [0.05, 0.1) is 24.4 Å². The highest BCUT2D eigenvalue weighted by molar-refractivity contribution is 6.31. The van der Waals surface area contributed by atoms with Crippen molar-refractivity contribution in [1.29, 1.82) is 0 Å². The molecule has 4 rings (SSSR count). The van der Waals surface area contributed by atoms with E-state index in [-0.39, 0.29) is 0 Å². The van der Waals surface area contributed by atoms with Crippen LogP contribution in [0.25, 0.3) is 23.1 Å². The molecule has 2 heterocycles. The van der Waals surface area contributed by atoms with Crippen molar-refractivity contribution in [3.05, 3.63) is 70.4 Å². The van der Waals surface area contributed by atoms with E-state index in [0.29, 0.717) is 16.3 Å². The third-order valence-corrected chi connectivity index (χ3v) is 5.68. The van der Waals surface area contributed by atoms with Gasteiger partial charge in [0.15, 0.2) is 0 Å². The van der Waals surface area contributed by atoms with Gasteiger partial charge in [0.1, 0.15) is 11.6 Å². The Hall–Kier alpha value is -2.54. The second-order valence-corrected chi connectivity index (χ2v) is 8.32. The van der Waals surface area contributed by atoms with Gasteiger partial charge >= 0.3 is 0 Å². The summed E-state index contributed by atoms with van der Waals surface area (Å²) in [6.45, 7) is 5.55. The Kier molecular flexibility index (Phi) is 7.68. The number of benzene rings is 2. The fourth-order valence-electron chi connectivity index (χ4n) is 3.81. The van der Waals surface area contributed by atoms with Crippen molar-refractivity contribution in [3.63, 3.8) is 0 Å². The van der Waals surface area contributed by atoms with E-state index in [1.807, 2.05) is 18.2 Å². The van der Waals surface area contributed by atoms with Gasteiger partial charge in [-0.3, -0.25) is 4.90 Å². The Labute approximate surface area is 191 Å². The van der Waals surface area contributed by atoms with E-state index in [1.54, 1.807) is 18.2 Å². The van der Waals surface area contributed by atoms with Gasteiger partial charge in [0.2, 0.25) is 0 Å². The molecule has 2 aromatic carbocycles. The van der Waals surface area contributed by atoms with E-state index >= 15 is 0 Å². The first-order valence-electron chi connectivity index (χ1n) is 10.9. The summed E-state index contributed by atoms with van der Waals surface area (Å²) < 4.78 is 32.3. The fourth-order valence-corrected chi connectivity index (χ4v) is 3.98. The summed E-state index contributed by atoms with van der Waals surface area (Å²) in [5.74, 6) is -1.21. The predicted molar refractivity (Wildman–Crippen MR) is 127 cm³/mol. The number of nitrogens with one attached hydrogen (secondary N) is 1. The maximum absolute atomic E-state index is 13.5. The van der Waals surface area contributed by atoms with Crippen LogP contribution in [0.15, 0.2) is 42.5 Å². The average molecular weight is 458 g/mol. The number of pyridine rings is 1. The van der Waals surface area contributed by atoms with E-state index in [1.165, 1.54) is 12.1 Å². The van der Waals surface area contributed by atoms with Crippen molar-refractivity contribution in [2.24, 2.45) is 0 Å². The largest absolute Gasteiger partial charge is 0.384 e. The molecule has 32 heavy (non-hydrogen) atoms. The van der Waals surface area contributed by atoms with Crippen molar-refractivity contribution >= 4 is 40.3 Å². The molecule has 3 aromatic rings. The molecular formula is C25H26ClF2N3O. The lowest BCUT2D eigenvalue weighted by molar-refractivity contribution is 0.0373. The Morgan fingerprint density at radius 3 is 2.56 bits per heavy atom. The molecule has 0 unspecified atom stereocenters. The van der Waals surface area contributed by atoms with Crippen LogP contribution in [0.1, 0.15) is 24.1 Å². The van der Waals surface area contributed by atoms with E-state index in [2.05, 4.69) is 15.2 Å². The molecule has 1 aromatic heterocycles. The maximum Gasteiger partial charge on any atom is 0.126 e. The molecule has 0 amide bonds. The first-order chi connectivity index (χ1) is 15.6. The number of anilines is 1. The third kappa shape index (κ3) is 6.25. The molecule has 1 fully saturated rings. The molecule has 0 aliphatic carbocycles. The molecule has 1 N–H and O–H groups in total. The van der Waals surface area contributed by atoms with Crippen molar-refractivity contribution < 1.29 is 13.5 Å². The summed E-state index contributed by atoms with van der Waals surface area (Å²) in [5.41, 5.74) is 2.88. The highest BCUT2D eigenvalue weighted by atomic mass is 35.5. The van der Waals surface area contributed by atoms with Crippen LogP contribution in [-0.2, 0) is 4.74 Å². The van der Waals surface area contributed by atoms with Crippen LogP contribution < -0.4 is 5.32 Å². The number of hydrogen-bond donors (Lipinski definition) is 1. The van der Waals surface area contributed by atoms with Crippen LogP contribution in [0, 0.1) is 11.6 Å². The third-order valence-electron chi connectivity index (χ3n) is 5.44. The van der Waals surface area contributed by atoms with Crippen molar-refractivity contribution in [2.45, 2.75) is 12.8 Å². The molecule has 0 atom stereocenters. The van der Waals surface area contributed by atoms with Gasteiger partial charge in [0, 0.05) is 41.8 Å². The normalized spacial score (nSPS) is 15.0. The Bertz CT molecular complexity index is 1080. The first kappa shape index (κ1) is 22.6. The molecule has 1 saturated heterocycles. The lowest BCUT2D eigenvalue weighted by atomic mass is 10.1. The molecule has 0 saturated carbocycles. The number of aromatic nitrogens is 1. The zero-order chi connectivity index (χ0) is 22.3. The van der Waals surface area contributed by atoms with Crippen LogP contribution in [0.4, 0.5) is 14.5 Å². The van der Waals surface area contributed by atoms with Crippen LogP contribution in [0.3, 0.4) is 0 Å². The van der Waals surface area contributed by atoms with Crippen LogP contribution in [0.2, 0.25) is 5.02 Å². The molecule has 7 heteroatoms. The van der Waals surface area contributed by atoms with Crippen molar-refractivity contribution in [2.75, 3.05) is 44.7 Å². The fraction of sp³-hybridized carbons (Fsp3) is 0.320. The number of hydrogen-bond acceptors (Lipinski definition) is 4. The van der Waals surface area contributed by atoms with Crippen LogP contribution in [-0.4, -0.2) is 49.3 Å². The first-order valence-corrected chi connectivity index (χ1v) is 11.2. The summed E-state index contributed by atoms with van der Waals surface area (Å²) in [6, 6.07) is 10.9. The smallest absolute Gasteiger partial charge is 0.126 e. The molecular weight excluding hydrogens is 432 g/mol. The summed E-state index contributed by atoms with van der Waals surface area (Å²) in [4.78, 5) is 7.08. The zero-order valence-electron chi connectivity index (χ0n) is 17.8. The SMILES string of the molecule is Fc1cc(F)cc(/C=C/c2cc(NCCCCN3CCOCC3)c3cc(Cl)ccc3n2)c1. The Morgan fingerprint density at radius 2 is 1.78 bits per heavy atom. The molecule has 0 radical (unpaired) electrons. The van der Waals surface area contributed by atoms with Crippen molar-refractivity contribution in [1.82, 2.24) is 9.88 Å². The highest BCUT2D eigenvalue weighted by Crippen LogP contribution is 2.27. The van der Waals surface area contributed by atoms with Gasteiger partial charge in [-0.05, 0) is 67.4 Å². The molecule has 168 valence electrons. The second-order valence-electron chi connectivity index (χ2n) is 7.88. The quantitative estimate of drug-likeness (QED) is 0.430. The van der Waals surface area contributed by atoms with Gasteiger partial charge in [0.25, 0.3) is 0 Å². The maximum atomic E-state index is 13.5. The minimum Gasteiger partial charge on any atom is -0.384 e. The second kappa shape index (κ2) is 10.9. The predicted octanol–water partition coefficient (Wildman–Crippen LogP) is 5.86. The van der Waals surface area contributed by atoms with Gasteiger partial charge in [-0.25, -0.2) is 13.8 Å². The Balaban J connectivity index is 1.46. The highest BCUT2D eigenvalue weighted by Gasteiger charge is 2.10. The summed E-state index contributed by atoms with van der Waals surface area (Å²) in [5, 5.41) is 5.10. The van der Waals surface area contributed by atoms with Crippen molar-refractivity contribution in [3.8, 4) is 0 Å². The van der Waals surface area contributed by atoms with Crippen LogP contribution in [0.5, 0.6) is 0 Å². The summed E-state index contributed by atoms with van der Waals surface area (Å²) in [7, 11) is 0. The minimum absolute atomic E-state index is 0.443. The topological polar surface area (TPSA) is 37.4 Å². The number of nitrogens with zero attached hydrogens (tertiary/aromatic N) is 2. The standard InChI is InChI=1S/C25H26ClF2N3O/c26-19-4-6-24-23(15-19)25(29-7-1-2-8-31-9-11-32-12-10-31)17-22(30-24)5-3-18-13-20(27)16-21(28)14-18/h3-6,13-17H,1-2,7-12H2,(H,29,30)/b5-3+. The monoisotopic (exact) mass is 457 g/mol. The van der Waals surface area contributed by atoms with E-state index in [4.69, 9.17) is 16.3 Å². The van der Waals surface area contributed by atoms with E-state index in [9.17, 15) is 8.78 Å². The zero-order valence-corrected chi connectivity index (χ0v) is 18.5. The van der Waals surface area contributed by atoms with Gasteiger partial charge < -0.3 is 10.1 Å². The van der Waals surface area contributed by atoms with Crippen LogP contribution >= 0.6 is 11.6 Å². The van der Waals surface area contributed by atoms with Gasteiger partial charge in [-0.1, -0.05) is 17.7 Å². The number of unbranched alkanes of at least 4 members (excludes halogenated alkanes) is 1. The number of ether oxygens (including phenoxy) is 1. The van der Waals surface area contributed by atoms with E-state index < -0.39 is 11.6 Å². The lowest BCUT2D eigenvalue weighted by Crippen LogP contribution is -2.36. The molecule has 1 aliphatic heterocycles. The molecule has 0 spiro atoms. The Morgan fingerprint density at radius 1 is 1.00 bits per heavy atom. The molecule has 4 nitrogen and oxygen atoms in total. The number of rotatable bonds is 8. The summed E-state index contributed by atoms with van der Waals surface area (Å²) >= 11 is 6.21.